The van der Waals surface area contributed by atoms with E-state index in [-0.39, 0.29) is 17.4 Å². The molecular formula is C15H23NO3S. The molecule has 20 heavy (non-hydrogen) atoms. The second kappa shape index (κ2) is 6.70. The van der Waals surface area contributed by atoms with Crippen molar-refractivity contribution in [2.75, 3.05) is 19.5 Å². The molecule has 1 aromatic rings. The lowest BCUT2D eigenvalue weighted by Gasteiger charge is -2.19. The summed E-state index contributed by atoms with van der Waals surface area (Å²) < 4.78 is 23.3. The standard InChI is InChI=1S/C15H23NO3S/c1-10-4-5-14(18-3)12(8-10)13(16)9-20(17)15-6-7-19-11(15)2/h4-5,8,11,13,15H,6-7,9,16H2,1-3H3. The molecule has 4 unspecified atom stereocenters. The average Bonchev–Trinajstić information content (AvgIpc) is 2.85. The van der Waals surface area contributed by atoms with Crippen LogP contribution in [0.1, 0.15) is 30.5 Å². The van der Waals surface area contributed by atoms with Crippen LogP contribution in [0.3, 0.4) is 0 Å². The molecule has 0 saturated carbocycles. The van der Waals surface area contributed by atoms with E-state index >= 15 is 0 Å². The number of methoxy groups -OCH3 is 1. The molecular weight excluding hydrogens is 274 g/mol. The summed E-state index contributed by atoms with van der Waals surface area (Å²) in [5, 5.41) is 0.0943. The maximum atomic E-state index is 12.4. The first-order valence-electron chi connectivity index (χ1n) is 6.92. The third-order valence-corrected chi connectivity index (χ3v) is 5.75. The van der Waals surface area contributed by atoms with Gasteiger partial charge in [-0.25, -0.2) is 0 Å². The molecule has 4 nitrogen and oxygen atoms in total. The third-order valence-electron chi connectivity index (χ3n) is 3.77. The average molecular weight is 297 g/mol. The maximum absolute atomic E-state index is 12.4. The Labute approximate surface area is 123 Å². The van der Waals surface area contributed by atoms with Crippen molar-refractivity contribution in [1.82, 2.24) is 0 Å². The Balaban J connectivity index is 2.09. The number of benzene rings is 1. The fourth-order valence-corrected chi connectivity index (χ4v) is 4.24. The van der Waals surface area contributed by atoms with Crippen LogP contribution in [0.15, 0.2) is 18.2 Å². The van der Waals surface area contributed by atoms with E-state index in [2.05, 4.69) is 0 Å². The van der Waals surface area contributed by atoms with E-state index in [1.54, 1.807) is 7.11 Å². The van der Waals surface area contributed by atoms with Crippen molar-refractivity contribution < 1.29 is 13.7 Å². The molecule has 5 heteroatoms. The first-order valence-corrected chi connectivity index (χ1v) is 8.30. The molecule has 1 aliphatic rings. The van der Waals surface area contributed by atoms with Gasteiger partial charge in [0, 0.05) is 34.8 Å². The lowest BCUT2D eigenvalue weighted by molar-refractivity contribution is 0.127. The monoisotopic (exact) mass is 297 g/mol. The quantitative estimate of drug-likeness (QED) is 0.902. The fraction of sp³-hybridized carbons (Fsp3) is 0.600. The van der Waals surface area contributed by atoms with Crippen LogP contribution in [0, 0.1) is 6.92 Å². The van der Waals surface area contributed by atoms with Crippen LogP contribution < -0.4 is 10.5 Å². The van der Waals surface area contributed by atoms with Gasteiger partial charge in [-0.3, -0.25) is 4.21 Å². The number of aryl methyl sites for hydroxylation is 1. The van der Waals surface area contributed by atoms with Gasteiger partial charge in [-0.05, 0) is 26.3 Å². The molecule has 1 aromatic carbocycles. The zero-order chi connectivity index (χ0) is 14.7. The van der Waals surface area contributed by atoms with Crippen molar-refractivity contribution in [2.45, 2.75) is 37.7 Å². The molecule has 0 amide bonds. The van der Waals surface area contributed by atoms with Crippen LogP contribution in [0.2, 0.25) is 0 Å². The molecule has 0 bridgehead atoms. The lowest BCUT2D eigenvalue weighted by Crippen LogP contribution is -2.29. The summed E-state index contributed by atoms with van der Waals surface area (Å²) in [6.07, 6.45) is 0.910. The summed E-state index contributed by atoms with van der Waals surface area (Å²) >= 11 is 0. The van der Waals surface area contributed by atoms with Gasteiger partial charge in [0.15, 0.2) is 0 Å². The Kier molecular flexibility index (Phi) is 5.18. The molecule has 2 rings (SSSR count). The molecule has 1 aliphatic heterocycles. The largest absolute Gasteiger partial charge is 0.496 e. The smallest absolute Gasteiger partial charge is 0.123 e. The van der Waals surface area contributed by atoms with E-state index < -0.39 is 10.8 Å². The van der Waals surface area contributed by atoms with Gasteiger partial charge < -0.3 is 15.2 Å². The summed E-state index contributed by atoms with van der Waals surface area (Å²) in [6, 6.07) is 5.63. The molecule has 1 heterocycles. The molecule has 0 aromatic heterocycles. The van der Waals surface area contributed by atoms with Crippen LogP contribution in [-0.4, -0.2) is 35.0 Å². The van der Waals surface area contributed by atoms with Crippen molar-refractivity contribution >= 4 is 10.8 Å². The number of hydrogen-bond donors (Lipinski definition) is 1. The van der Waals surface area contributed by atoms with Crippen LogP contribution in [0.4, 0.5) is 0 Å². The van der Waals surface area contributed by atoms with Crippen LogP contribution in [0.25, 0.3) is 0 Å². The summed E-state index contributed by atoms with van der Waals surface area (Å²) in [6.45, 7) is 4.69. The molecule has 0 spiro atoms. The zero-order valence-electron chi connectivity index (χ0n) is 12.3. The van der Waals surface area contributed by atoms with Gasteiger partial charge >= 0.3 is 0 Å². The highest BCUT2D eigenvalue weighted by Crippen LogP contribution is 2.27. The van der Waals surface area contributed by atoms with Crippen molar-refractivity contribution in [3.05, 3.63) is 29.3 Å². The predicted octanol–water partition coefficient (Wildman–Crippen LogP) is 1.93. The van der Waals surface area contributed by atoms with Gasteiger partial charge in [-0.15, -0.1) is 0 Å². The molecule has 0 aliphatic carbocycles. The van der Waals surface area contributed by atoms with Gasteiger partial charge in [-0.2, -0.15) is 0 Å². The minimum Gasteiger partial charge on any atom is -0.496 e. The molecule has 0 radical (unpaired) electrons. The minimum absolute atomic E-state index is 0.0578. The zero-order valence-corrected chi connectivity index (χ0v) is 13.1. The highest BCUT2D eigenvalue weighted by molar-refractivity contribution is 7.85. The Hall–Kier alpha value is -0.910. The highest BCUT2D eigenvalue weighted by atomic mass is 32.2. The number of hydrogen-bond acceptors (Lipinski definition) is 4. The highest BCUT2D eigenvalue weighted by Gasteiger charge is 2.30. The van der Waals surface area contributed by atoms with Gasteiger partial charge in [-0.1, -0.05) is 17.7 Å². The topological polar surface area (TPSA) is 61.5 Å². The van der Waals surface area contributed by atoms with Gasteiger partial charge in [0.25, 0.3) is 0 Å². The van der Waals surface area contributed by atoms with Crippen LogP contribution >= 0.6 is 0 Å². The van der Waals surface area contributed by atoms with E-state index in [4.69, 9.17) is 15.2 Å². The second-order valence-electron chi connectivity index (χ2n) is 5.30. The van der Waals surface area contributed by atoms with E-state index in [1.165, 1.54) is 0 Å². The van der Waals surface area contributed by atoms with Crippen molar-refractivity contribution in [1.29, 1.82) is 0 Å². The summed E-state index contributed by atoms with van der Waals surface area (Å²) in [5.41, 5.74) is 8.29. The summed E-state index contributed by atoms with van der Waals surface area (Å²) in [7, 11) is 0.651. The van der Waals surface area contributed by atoms with Crippen LogP contribution in [0.5, 0.6) is 5.75 Å². The normalized spacial score (nSPS) is 25.4. The number of ether oxygens (including phenoxy) is 2. The molecule has 1 saturated heterocycles. The van der Waals surface area contributed by atoms with Gasteiger partial charge in [0.2, 0.25) is 0 Å². The van der Waals surface area contributed by atoms with Crippen LogP contribution in [-0.2, 0) is 15.5 Å². The van der Waals surface area contributed by atoms with E-state index in [1.807, 2.05) is 32.0 Å². The minimum atomic E-state index is -0.978. The van der Waals surface area contributed by atoms with E-state index in [9.17, 15) is 4.21 Å². The van der Waals surface area contributed by atoms with Crippen molar-refractivity contribution in [3.8, 4) is 5.75 Å². The Morgan fingerprint density at radius 1 is 1.55 bits per heavy atom. The van der Waals surface area contributed by atoms with E-state index in [0.29, 0.717) is 12.4 Å². The Morgan fingerprint density at radius 3 is 2.90 bits per heavy atom. The van der Waals surface area contributed by atoms with Gasteiger partial charge in [0.1, 0.15) is 5.75 Å². The van der Waals surface area contributed by atoms with Crippen molar-refractivity contribution in [3.63, 3.8) is 0 Å². The SMILES string of the molecule is COc1ccc(C)cc1C(N)CS(=O)C1CCOC1C. The van der Waals surface area contributed by atoms with E-state index in [0.717, 1.165) is 23.3 Å². The molecule has 2 N–H and O–H groups in total. The Morgan fingerprint density at radius 2 is 2.30 bits per heavy atom. The fourth-order valence-electron chi connectivity index (χ4n) is 2.59. The molecule has 4 atom stereocenters. The first kappa shape index (κ1) is 15.5. The maximum Gasteiger partial charge on any atom is 0.123 e. The Bertz CT molecular complexity index is 492. The summed E-state index contributed by atoms with van der Waals surface area (Å²) in [5.74, 6) is 1.20. The predicted molar refractivity (Wildman–Crippen MR) is 81.5 cm³/mol. The molecule has 1 fully saturated rings. The van der Waals surface area contributed by atoms with Crippen molar-refractivity contribution in [2.24, 2.45) is 5.73 Å². The number of nitrogens with two attached hydrogens (primary N) is 1. The van der Waals surface area contributed by atoms with Gasteiger partial charge in [0.05, 0.1) is 18.5 Å². The third kappa shape index (κ3) is 3.40. The number of rotatable bonds is 5. The first-order chi connectivity index (χ1) is 9.52. The second-order valence-corrected chi connectivity index (χ2v) is 7.00. The lowest BCUT2D eigenvalue weighted by atomic mass is 10.1. The molecule has 112 valence electrons. The summed E-state index contributed by atoms with van der Waals surface area (Å²) in [4.78, 5) is 0.